The van der Waals surface area contributed by atoms with Crippen LogP contribution in [0.1, 0.15) is 39.7 Å². The second-order valence-electron chi connectivity index (χ2n) is 6.25. The minimum absolute atomic E-state index is 0.215. The summed E-state index contributed by atoms with van der Waals surface area (Å²) in [5, 5.41) is 0. The van der Waals surface area contributed by atoms with Crippen LogP contribution in [0.5, 0.6) is 5.75 Å². The number of rotatable bonds is 8. The van der Waals surface area contributed by atoms with E-state index in [1.54, 1.807) is 0 Å². The van der Waals surface area contributed by atoms with Gasteiger partial charge in [0, 0.05) is 12.6 Å². The summed E-state index contributed by atoms with van der Waals surface area (Å²) in [5.41, 5.74) is 7.37. The molecule has 1 atom stereocenters. The summed E-state index contributed by atoms with van der Waals surface area (Å²) in [7, 11) is 2.14. The van der Waals surface area contributed by atoms with Crippen LogP contribution in [0, 0.1) is 5.92 Å². The second-order valence-corrected chi connectivity index (χ2v) is 6.25. The molecule has 0 amide bonds. The van der Waals surface area contributed by atoms with E-state index >= 15 is 0 Å². The Bertz CT molecular complexity index is 390. The van der Waals surface area contributed by atoms with Gasteiger partial charge in [-0.05, 0) is 57.5 Å². The molecule has 1 rings (SSSR count). The zero-order valence-electron chi connectivity index (χ0n) is 13.6. The minimum Gasteiger partial charge on any atom is -0.491 e. The van der Waals surface area contributed by atoms with Gasteiger partial charge in [0.15, 0.2) is 0 Å². The maximum absolute atomic E-state index is 6.09. The highest BCUT2D eigenvalue weighted by Crippen LogP contribution is 2.16. The highest BCUT2D eigenvalue weighted by molar-refractivity contribution is 5.28. The SMILES string of the molecule is CC(C)Oc1cccc(CN(C)CCC(N)C(C)C)c1. The maximum Gasteiger partial charge on any atom is 0.120 e. The van der Waals surface area contributed by atoms with Crippen LogP contribution in [0.2, 0.25) is 0 Å². The van der Waals surface area contributed by atoms with Crippen molar-refractivity contribution in [3.8, 4) is 5.75 Å². The maximum atomic E-state index is 6.09. The van der Waals surface area contributed by atoms with E-state index in [-0.39, 0.29) is 12.1 Å². The molecule has 3 nitrogen and oxygen atoms in total. The molecule has 0 aliphatic rings. The fraction of sp³-hybridized carbons (Fsp3) is 0.647. The fourth-order valence-electron chi connectivity index (χ4n) is 2.08. The van der Waals surface area contributed by atoms with Crippen LogP contribution in [0.25, 0.3) is 0 Å². The molecule has 0 aromatic heterocycles. The van der Waals surface area contributed by atoms with E-state index in [9.17, 15) is 0 Å². The first-order valence-electron chi connectivity index (χ1n) is 7.58. The van der Waals surface area contributed by atoms with Crippen molar-refractivity contribution in [1.82, 2.24) is 4.90 Å². The third-order valence-corrected chi connectivity index (χ3v) is 3.42. The van der Waals surface area contributed by atoms with Gasteiger partial charge in [-0.25, -0.2) is 0 Å². The van der Waals surface area contributed by atoms with Gasteiger partial charge in [0.05, 0.1) is 6.10 Å². The first kappa shape index (κ1) is 17.0. The Hall–Kier alpha value is -1.06. The molecule has 0 bridgehead atoms. The molecule has 0 aliphatic carbocycles. The molecule has 0 spiro atoms. The predicted molar refractivity (Wildman–Crippen MR) is 86.0 cm³/mol. The quantitative estimate of drug-likeness (QED) is 0.793. The topological polar surface area (TPSA) is 38.5 Å². The molecule has 0 saturated carbocycles. The fourth-order valence-corrected chi connectivity index (χ4v) is 2.08. The third-order valence-electron chi connectivity index (χ3n) is 3.42. The van der Waals surface area contributed by atoms with E-state index in [1.807, 2.05) is 19.9 Å². The molecular formula is C17H30N2O. The van der Waals surface area contributed by atoms with E-state index in [4.69, 9.17) is 10.5 Å². The Morgan fingerprint density at radius 3 is 2.50 bits per heavy atom. The van der Waals surface area contributed by atoms with Gasteiger partial charge in [-0.15, -0.1) is 0 Å². The monoisotopic (exact) mass is 278 g/mol. The molecule has 3 heteroatoms. The standard InChI is InChI=1S/C17H30N2O/c1-13(2)17(18)9-10-19(5)12-15-7-6-8-16(11-15)20-14(3)4/h6-8,11,13-14,17H,9-10,12,18H2,1-5H3. The zero-order valence-corrected chi connectivity index (χ0v) is 13.6. The van der Waals surface area contributed by atoms with E-state index in [2.05, 4.69) is 44.0 Å². The second kappa shape index (κ2) is 8.28. The van der Waals surface area contributed by atoms with Gasteiger partial charge in [0.1, 0.15) is 5.75 Å². The van der Waals surface area contributed by atoms with Gasteiger partial charge < -0.3 is 15.4 Å². The van der Waals surface area contributed by atoms with Crippen LogP contribution in [-0.4, -0.2) is 30.6 Å². The summed E-state index contributed by atoms with van der Waals surface area (Å²) in [4.78, 5) is 2.32. The van der Waals surface area contributed by atoms with Crippen molar-refractivity contribution >= 4 is 0 Å². The molecule has 1 aromatic rings. The van der Waals surface area contributed by atoms with Crippen molar-refractivity contribution in [2.24, 2.45) is 11.7 Å². The first-order valence-corrected chi connectivity index (χ1v) is 7.58. The molecule has 0 aliphatic heterocycles. The summed E-state index contributed by atoms with van der Waals surface area (Å²) in [6, 6.07) is 8.62. The van der Waals surface area contributed by atoms with Crippen LogP contribution in [-0.2, 0) is 6.54 Å². The van der Waals surface area contributed by atoms with Gasteiger partial charge in [-0.2, -0.15) is 0 Å². The normalized spacial score (nSPS) is 13.2. The van der Waals surface area contributed by atoms with Crippen molar-refractivity contribution in [3.63, 3.8) is 0 Å². The Labute approximate surface area is 124 Å². The van der Waals surface area contributed by atoms with Crippen molar-refractivity contribution in [3.05, 3.63) is 29.8 Å². The lowest BCUT2D eigenvalue weighted by Crippen LogP contribution is -2.31. The molecule has 114 valence electrons. The van der Waals surface area contributed by atoms with Crippen LogP contribution in [0.4, 0.5) is 0 Å². The average molecular weight is 278 g/mol. The van der Waals surface area contributed by atoms with Crippen molar-refractivity contribution < 1.29 is 4.74 Å². The third kappa shape index (κ3) is 6.40. The van der Waals surface area contributed by atoms with Gasteiger partial charge in [-0.1, -0.05) is 26.0 Å². The van der Waals surface area contributed by atoms with Crippen LogP contribution < -0.4 is 10.5 Å². The van der Waals surface area contributed by atoms with Gasteiger partial charge in [0.25, 0.3) is 0 Å². The number of ether oxygens (including phenoxy) is 1. The van der Waals surface area contributed by atoms with Crippen molar-refractivity contribution in [2.45, 2.75) is 52.8 Å². The van der Waals surface area contributed by atoms with Crippen LogP contribution in [0.3, 0.4) is 0 Å². The smallest absolute Gasteiger partial charge is 0.120 e. The number of benzene rings is 1. The molecule has 0 heterocycles. The summed E-state index contributed by atoms with van der Waals surface area (Å²) in [5.74, 6) is 1.50. The van der Waals surface area contributed by atoms with Gasteiger partial charge >= 0.3 is 0 Å². The Balaban J connectivity index is 2.47. The molecule has 0 saturated heterocycles. The van der Waals surface area contributed by atoms with E-state index in [0.717, 1.165) is 25.3 Å². The highest BCUT2D eigenvalue weighted by atomic mass is 16.5. The van der Waals surface area contributed by atoms with Gasteiger partial charge in [0.2, 0.25) is 0 Å². The highest BCUT2D eigenvalue weighted by Gasteiger charge is 2.09. The lowest BCUT2D eigenvalue weighted by Gasteiger charge is -2.21. The zero-order chi connectivity index (χ0) is 15.1. The molecule has 0 fully saturated rings. The Kier molecular flexibility index (Phi) is 7.03. The van der Waals surface area contributed by atoms with Crippen LogP contribution in [0.15, 0.2) is 24.3 Å². The van der Waals surface area contributed by atoms with Crippen molar-refractivity contribution in [1.29, 1.82) is 0 Å². The average Bonchev–Trinajstić information content (AvgIpc) is 2.35. The first-order chi connectivity index (χ1) is 9.38. The number of hydrogen-bond donors (Lipinski definition) is 1. The van der Waals surface area contributed by atoms with Crippen LogP contribution >= 0.6 is 0 Å². The van der Waals surface area contributed by atoms with Gasteiger partial charge in [-0.3, -0.25) is 0 Å². The van der Waals surface area contributed by atoms with E-state index in [0.29, 0.717) is 5.92 Å². The summed E-state index contributed by atoms with van der Waals surface area (Å²) in [6.45, 7) is 10.4. The van der Waals surface area contributed by atoms with Crippen molar-refractivity contribution in [2.75, 3.05) is 13.6 Å². The Morgan fingerprint density at radius 2 is 1.90 bits per heavy atom. The summed E-state index contributed by atoms with van der Waals surface area (Å²) in [6.07, 6.45) is 1.25. The predicted octanol–water partition coefficient (Wildman–Crippen LogP) is 3.28. The number of nitrogens with zero attached hydrogens (tertiary/aromatic N) is 1. The number of hydrogen-bond acceptors (Lipinski definition) is 3. The molecule has 20 heavy (non-hydrogen) atoms. The number of nitrogens with two attached hydrogens (primary N) is 1. The minimum atomic E-state index is 0.215. The molecule has 1 unspecified atom stereocenters. The summed E-state index contributed by atoms with van der Waals surface area (Å²) < 4.78 is 5.73. The molecule has 2 N–H and O–H groups in total. The molecule has 1 aromatic carbocycles. The Morgan fingerprint density at radius 1 is 1.20 bits per heavy atom. The largest absolute Gasteiger partial charge is 0.491 e. The molecule has 0 radical (unpaired) electrons. The van der Waals surface area contributed by atoms with E-state index < -0.39 is 0 Å². The van der Waals surface area contributed by atoms with E-state index in [1.165, 1.54) is 5.56 Å². The lowest BCUT2D eigenvalue weighted by molar-refractivity contribution is 0.241. The summed E-state index contributed by atoms with van der Waals surface area (Å²) >= 11 is 0. The molecular weight excluding hydrogens is 248 g/mol. The lowest BCUT2D eigenvalue weighted by atomic mass is 10.0.